The van der Waals surface area contributed by atoms with Crippen LogP contribution < -0.4 is 0 Å². The van der Waals surface area contributed by atoms with Gasteiger partial charge in [0.25, 0.3) is 0 Å². The van der Waals surface area contributed by atoms with Crippen LogP contribution in [-0.4, -0.2) is 33.3 Å². The minimum Gasteiger partial charge on any atom is -0.496 e. The van der Waals surface area contributed by atoms with Crippen molar-refractivity contribution < 1.29 is 23.8 Å². The lowest BCUT2D eigenvalue weighted by Crippen LogP contribution is -2.13. The van der Waals surface area contributed by atoms with Crippen LogP contribution in [0.5, 0.6) is 0 Å². The van der Waals surface area contributed by atoms with E-state index < -0.39 is 11.9 Å². The molecule has 0 saturated heterocycles. The number of benzene rings is 1. The third-order valence-corrected chi connectivity index (χ3v) is 2.72. The van der Waals surface area contributed by atoms with E-state index in [1.165, 1.54) is 21.3 Å². The van der Waals surface area contributed by atoms with Crippen LogP contribution in [0, 0.1) is 0 Å². The molecule has 0 atom stereocenters. The van der Waals surface area contributed by atoms with Gasteiger partial charge in [-0.2, -0.15) is 0 Å². The van der Waals surface area contributed by atoms with Gasteiger partial charge in [-0.05, 0) is 11.6 Å². The van der Waals surface area contributed by atoms with Crippen molar-refractivity contribution in [1.29, 1.82) is 0 Å². The van der Waals surface area contributed by atoms with E-state index in [1.807, 2.05) is 30.3 Å². The van der Waals surface area contributed by atoms with Gasteiger partial charge in [0.2, 0.25) is 0 Å². The molecule has 0 heterocycles. The molecular formula is C16H18O5. The highest BCUT2D eigenvalue weighted by Gasteiger charge is 2.19. The summed E-state index contributed by atoms with van der Waals surface area (Å²) in [6.45, 7) is 0. The van der Waals surface area contributed by atoms with Crippen LogP contribution >= 0.6 is 0 Å². The molecule has 0 spiro atoms. The Kier molecular flexibility index (Phi) is 6.74. The number of allylic oxidation sites excluding steroid dienone is 1. The summed E-state index contributed by atoms with van der Waals surface area (Å²) >= 11 is 0. The largest absolute Gasteiger partial charge is 0.496 e. The third kappa shape index (κ3) is 5.14. The number of carbonyl (C=O) groups is 2. The van der Waals surface area contributed by atoms with Crippen molar-refractivity contribution in [2.75, 3.05) is 21.3 Å². The zero-order valence-electron chi connectivity index (χ0n) is 12.3. The molecule has 0 N–H and O–H groups in total. The van der Waals surface area contributed by atoms with Crippen molar-refractivity contribution in [1.82, 2.24) is 0 Å². The summed E-state index contributed by atoms with van der Waals surface area (Å²) < 4.78 is 14.4. The van der Waals surface area contributed by atoms with Crippen molar-refractivity contribution in [3.05, 3.63) is 53.3 Å². The Morgan fingerprint density at radius 2 is 1.67 bits per heavy atom. The van der Waals surface area contributed by atoms with Gasteiger partial charge in [-0.3, -0.25) is 4.79 Å². The lowest BCUT2D eigenvalue weighted by atomic mass is 10.1. The molecule has 1 aromatic rings. The van der Waals surface area contributed by atoms with E-state index in [-0.39, 0.29) is 17.8 Å². The van der Waals surface area contributed by atoms with E-state index in [0.29, 0.717) is 0 Å². The monoisotopic (exact) mass is 290 g/mol. The number of carbonyl (C=O) groups excluding carboxylic acids is 2. The molecule has 0 fully saturated rings. The van der Waals surface area contributed by atoms with E-state index >= 15 is 0 Å². The highest BCUT2D eigenvalue weighted by molar-refractivity contribution is 5.94. The second-order valence-corrected chi connectivity index (χ2v) is 4.04. The Bertz CT molecular complexity index is 543. The van der Waals surface area contributed by atoms with Gasteiger partial charge in [-0.25, -0.2) is 4.79 Å². The van der Waals surface area contributed by atoms with Crippen LogP contribution in [0.2, 0.25) is 0 Å². The second-order valence-electron chi connectivity index (χ2n) is 4.04. The smallest absolute Gasteiger partial charge is 0.338 e. The molecule has 5 heteroatoms. The van der Waals surface area contributed by atoms with Gasteiger partial charge in [0.15, 0.2) is 0 Å². The zero-order chi connectivity index (χ0) is 15.7. The molecule has 0 radical (unpaired) electrons. The van der Waals surface area contributed by atoms with Gasteiger partial charge in [0.1, 0.15) is 5.76 Å². The Morgan fingerprint density at radius 3 is 2.19 bits per heavy atom. The summed E-state index contributed by atoms with van der Waals surface area (Å²) in [5.41, 5.74) is 1.05. The molecule has 0 unspecified atom stereocenters. The number of ether oxygens (including phenoxy) is 3. The first-order chi connectivity index (χ1) is 10.1. The highest BCUT2D eigenvalue weighted by atomic mass is 16.5. The minimum absolute atomic E-state index is 0.110. The maximum Gasteiger partial charge on any atom is 0.338 e. The molecule has 0 aromatic heterocycles. The molecule has 21 heavy (non-hydrogen) atoms. The fraction of sp³-hybridized carbons (Fsp3) is 0.250. The summed E-state index contributed by atoms with van der Waals surface area (Å²) in [5.74, 6) is -0.913. The van der Waals surface area contributed by atoms with Gasteiger partial charge < -0.3 is 14.2 Å². The molecule has 0 saturated carbocycles. The number of hydrogen-bond acceptors (Lipinski definition) is 5. The Hall–Kier alpha value is -2.56. The molecule has 5 nitrogen and oxygen atoms in total. The fourth-order valence-electron chi connectivity index (χ4n) is 1.63. The standard InChI is InChI=1S/C16H18O5/c1-19-14(10-9-12-7-5-4-6-8-12)13(16(18)21-3)11-15(17)20-2/h4-10H,11H2,1-3H3/b10-9+,14-13+. The molecule has 1 rings (SSSR count). The molecule has 0 amide bonds. The Morgan fingerprint density at radius 1 is 1.00 bits per heavy atom. The van der Waals surface area contributed by atoms with Crippen LogP contribution in [0.3, 0.4) is 0 Å². The Labute approximate surface area is 123 Å². The minimum atomic E-state index is -0.630. The number of hydrogen-bond donors (Lipinski definition) is 0. The average molecular weight is 290 g/mol. The number of esters is 2. The van der Waals surface area contributed by atoms with Gasteiger partial charge in [-0.15, -0.1) is 0 Å². The van der Waals surface area contributed by atoms with Crippen LogP contribution in [0.15, 0.2) is 47.7 Å². The van der Waals surface area contributed by atoms with Crippen LogP contribution in [0.25, 0.3) is 6.08 Å². The molecular weight excluding hydrogens is 272 g/mol. The van der Waals surface area contributed by atoms with E-state index in [0.717, 1.165) is 5.56 Å². The second kappa shape index (κ2) is 8.58. The molecule has 0 aliphatic carbocycles. The molecule has 0 aliphatic heterocycles. The van der Waals surface area contributed by atoms with Crippen molar-refractivity contribution >= 4 is 18.0 Å². The molecule has 0 aliphatic rings. The van der Waals surface area contributed by atoms with Crippen LogP contribution in [0.1, 0.15) is 12.0 Å². The summed E-state index contributed by atoms with van der Waals surface area (Å²) in [6, 6.07) is 9.50. The summed E-state index contributed by atoms with van der Waals surface area (Å²) in [4.78, 5) is 23.2. The predicted octanol–water partition coefficient (Wildman–Crippen LogP) is 2.34. The normalized spacial score (nSPS) is 11.8. The first kappa shape index (κ1) is 16.5. The van der Waals surface area contributed by atoms with Gasteiger partial charge in [0, 0.05) is 0 Å². The SMILES string of the molecule is COC(=O)C/C(C(=O)OC)=C(/C=C/c1ccccc1)OC. The Balaban J connectivity index is 3.10. The highest BCUT2D eigenvalue weighted by Crippen LogP contribution is 2.16. The molecule has 112 valence electrons. The number of rotatable bonds is 6. The topological polar surface area (TPSA) is 61.8 Å². The summed E-state index contributed by atoms with van der Waals surface area (Å²) in [7, 11) is 3.92. The first-order valence-electron chi connectivity index (χ1n) is 6.27. The lowest BCUT2D eigenvalue weighted by molar-refractivity contribution is -0.143. The number of methoxy groups -OCH3 is 3. The van der Waals surface area contributed by atoms with E-state index in [9.17, 15) is 9.59 Å². The molecule has 1 aromatic carbocycles. The predicted molar refractivity (Wildman–Crippen MR) is 78.2 cm³/mol. The maximum atomic E-state index is 11.8. The van der Waals surface area contributed by atoms with Crippen LogP contribution in [-0.2, 0) is 23.8 Å². The average Bonchev–Trinajstić information content (AvgIpc) is 2.54. The van der Waals surface area contributed by atoms with E-state index in [4.69, 9.17) is 4.74 Å². The maximum absolute atomic E-state index is 11.8. The summed E-state index contributed by atoms with van der Waals surface area (Å²) in [6.07, 6.45) is 3.18. The van der Waals surface area contributed by atoms with Gasteiger partial charge in [-0.1, -0.05) is 36.4 Å². The van der Waals surface area contributed by atoms with Crippen molar-refractivity contribution in [2.45, 2.75) is 6.42 Å². The van der Waals surface area contributed by atoms with Gasteiger partial charge >= 0.3 is 11.9 Å². The zero-order valence-corrected chi connectivity index (χ0v) is 12.3. The van der Waals surface area contributed by atoms with Crippen molar-refractivity contribution in [3.8, 4) is 0 Å². The summed E-state index contributed by atoms with van der Waals surface area (Å²) in [5, 5.41) is 0. The van der Waals surface area contributed by atoms with Gasteiger partial charge in [0.05, 0.1) is 33.3 Å². The van der Waals surface area contributed by atoms with E-state index in [2.05, 4.69) is 9.47 Å². The van der Waals surface area contributed by atoms with Crippen molar-refractivity contribution in [2.24, 2.45) is 0 Å². The first-order valence-corrected chi connectivity index (χ1v) is 6.27. The van der Waals surface area contributed by atoms with E-state index in [1.54, 1.807) is 12.2 Å². The van der Waals surface area contributed by atoms with Crippen LogP contribution in [0.4, 0.5) is 0 Å². The third-order valence-electron chi connectivity index (χ3n) is 2.72. The molecule has 0 bridgehead atoms. The fourth-order valence-corrected chi connectivity index (χ4v) is 1.63. The lowest BCUT2D eigenvalue weighted by Gasteiger charge is -2.09. The van der Waals surface area contributed by atoms with Crippen molar-refractivity contribution in [3.63, 3.8) is 0 Å². The quantitative estimate of drug-likeness (QED) is 0.348.